The van der Waals surface area contributed by atoms with E-state index in [0.29, 0.717) is 11.5 Å². The normalized spacial score (nSPS) is 11.8. The number of hydrogen-bond donors (Lipinski definition) is 0. The maximum Gasteiger partial charge on any atom is 0.308 e. The van der Waals surface area contributed by atoms with Crippen LogP contribution >= 0.6 is 15.9 Å². The smallest absolute Gasteiger partial charge is 0.308 e. The van der Waals surface area contributed by atoms with Gasteiger partial charge in [-0.2, -0.15) is 0 Å². The van der Waals surface area contributed by atoms with Crippen LogP contribution in [0.15, 0.2) is 18.2 Å². The summed E-state index contributed by atoms with van der Waals surface area (Å²) in [4.78, 5) is 21.8. The van der Waals surface area contributed by atoms with Crippen molar-refractivity contribution in [2.45, 2.75) is 25.6 Å². The fourth-order valence-corrected chi connectivity index (χ4v) is 1.54. The highest BCUT2D eigenvalue weighted by atomic mass is 79.9. The molecule has 1 atom stereocenters. The lowest BCUT2D eigenvalue weighted by molar-refractivity contribution is -0.132. The fraction of sp³-hybridized carbons (Fsp3) is 0.333. The molecular weight excluding hydrogens is 288 g/mol. The van der Waals surface area contributed by atoms with Crippen LogP contribution in [0, 0.1) is 0 Å². The summed E-state index contributed by atoms with van der Waals surface area (Å²) in [5.74, 6) is -0.119. The van der Waals surface area contributed by atoms with Crippen LogP contribution < -0.4 is 9.47 Å². The first kappa shape index (κ1) is 13.7. The van der Waals surface area contributed by atoms with E-state index >= 15 is 0 Å². The van der Waals surface area contributed by atoms with Gasteiger partial charge in [0.05, 0.1) is 0 Å². The topological polar surface area (TPSA) is 52.6 Å². The van der Waals surface area contributed by atoms with Crippen molar-refractivity contribution in [1.82, 2.24) is 0 Å². The maximum absolute atomic E-state index is 10.9. The summed E-state index contributed by atoms with van der Waals surface area (Å²) in [6.07, 6.45) is 0. The average Bonchev–Trinajstić information content (AvgIpc) is 2.14. The van der Waals surface area contributed by atoms with E-state index in [1.54, 1.807) is 12.1 Å². The minimum absolute atomic E-state index is 0.0623. The summed E-state index contributed by atoms with van der Waals surface area (Å²) in [5, 5.41) is 0. The molecule has 0 aromatic heterocycles. The molecule has 0 fully saturated rings. The third-order valence-electron chi connectivity index (χ3n) is 1.88. The van der Waals surface area contributed by atoms with Gasteiger partial charge in [0.2, 0.25) is 0 Å². The molecule has 1 rings (SSSR count). The van der Waals surface area contributed by atoms with Gasteiger partial charge in [0.15, 0.2) is 0 Å². The number of esters is 2. The molecule has 0 aliphatic carbocycles. The van der Waals surface area contributed by atoms with Gasteiger partial charge in [0, 0.05) is 24.7 Å². The van der Waals surface area contributed by atoms with Crippen molar-refractivity contribution in [3.8, 4) is 11.5 Å². The quantitative estimate of drug-likeness (QED) is 0.489. The number of halogens is 1. The van der Waals surface area contributed by atoms with E-state index in [9.17, 15) is 9.59 Å². The van der Waals surface area contributed by atoms with E-state index in [2.05, 4.69) is 15.9 Å². The number of hydrogen-bond acceptors (Lipinski definition) is 4. The van der Waals surface area contributed by atoms with Gasteiger partial charge in [-0.3, -0.25) is 9.59 Å². The van der Waals surface area contributed by atoms with E-state index in [4.69, 9.17) is 9.47 Å². The lowest BCUT2D eigenvalue weighted by Gasteiger charge is -2.10. The van der Waals surface area contributed by atoms with Crippen molar-refractivity contribution in [3.63, 3.8) is 0 Å². The number of carbonyl (C=O) groups excluding carboxylic acids is 2. The second kappa shape index (κ2) is 5.82. The zero-order valence-electron chi connectivity index (χ0n) is 9.82. The van der Waals surface area contributed by atoms with Crippen LogP contribution in [-0.2, 0) is 9.59 Å². The van der Waals surface area contributed by atoms with Crippen LogP contribution in [0.3, 0.4) is 0 Å². The first-order chi connectivity index (χ1) is 7.88. The minimum atomic E-state index is -0.418. The van der Waals surface area contributed by atoms with Crippen molar-refractivity contribution < 1.29 is 19.1 Å². The van der Waals surface area contributed by atoms with Crippen LogP contribution in [0.4, 0.5) is 0 Å². The summed E-state index contributed by atoms with van der Waals surface area (Å²) < 4.78 is 9.95. The zero-order valence-corrected chi connectivity index (χ0v) is 11.4. The van der Waals surface area contributed by atoms with Crippen molar-refractivity contribution in [2.24, 2.45) is 0 Å². The molecule has 0 aliphatic heterocycles. The first-order valence-electron chi connectivity index (χ1n) is 5.04. The van der Waals surface area contributed by atoms with Gasteiger partial charge >= 0.3 is 11.9 Å². The number of carbonyl (C=O) groups is 2. The van der Waals surface area contributed by atoms with Crippen molar-refractivity contribution in [1.29, 1.82) is 0 Å². The Kier molecular flexibility index (Phi) is 4.69. The molecule has 0 radical (unpaired) electrons. The number of rotatable bonds is 3. The Hall–Kier alpha value is -1.36. The van der Waals surface area contributed by atoms with E-state index in [-0.39, 0.29) is 4.83 Å². The summed E-state index contributed by atoms with van der Waals surface area (Å²) in [6.45, 7) is 4.55. The molecule has 0 unspecified atom stereocenters. The SMILES string of the molecule is CC(=O)Oc1cc(OC(C)=O)cc([C@H](C)Br)c1. The summed E-state index contributed by atoms with van der Waals surface area (Å²) >= 11 is 3.40. The minimum Gasteiger partial charge on any atom is -0.427 e. The molecule has 17 heavy (non-hydrogen) atoms. The molecule has 0 spiro atoms. The van der Waals surface area contributed by atoms with E-state index < -0.39 is 11.9 Å². The Morgan fingerprint density at radius 2 is 1.47 bits per heavy atom. The Morgan fingerprint density at radius 1 is 1.06 bits per heavy atom. The van der Waals surface area contributed by atoms with Gasteiger partial charge in [0.25, 0.3) is 0 Å². The predicted octanol–water partition coefficient (Wildman–Crippen LogP) is 2.99. The molecule has 92 valence electrons. The van der Waals surface area contributed by atoms with E-state index in [1.807, 2.05) is 6.92 Å². The second-order valence-corrected chi connectivity index (χ2v) is 4.91. The Balaban J connectivity index is 3.08. The average molecular weight is 301 g/mol. The van der Waals surface area contributed by atoms with E-state index in [1.165, 1.54) is 19.9 Å². The highest BCUT2D eigenvalue weighted by molar-refractivity contribution is 9.09. The number of ether oxygens (including phenoxy) is 2. The molecule has 4 nitrogen and oxygen atoms in total. The van der Waals surface area contributed by atoms with Crippen molar-refractivity contribution >= 4 is 27.9 Å². The predicted molar refractivity (Wildman–Crippen MR) is 66.4 cm³/mol. The molecule has 5 heteroatoms. The standard InChI is InChI=1S/C12H13BrO4/c1-7(13)10-4-11(16-8(2)14)6-12(5-10)17-9(3)15/h4-7H,1-3H3/t7-/m0/s1. The highest BCUT2D eigenvalue weighted by Gasteiger charge is 2.09. The number of benzene rings is 1. The van der Waals surface area contributed by atoms with Gasteiger partial charge < -0.3 is 9.47 Å². The van der Waals surface area contributed by atoms with Gasteiger partial charge in [-0.25, -0.2) is 0 Å². The molecule has 1 aromatic rings. The summed E-state index contributed by atoms with van der Waals surface area (Å²) in [7, 11) is 0. The van der Waals surface area contributed by atoms with Gasteiger partial charge in [-0.1, -0.05) is 15.9 Å². The van der Waals surface area contributed by atoms with Gasteiger partial charge in [-0.05, 0) is 24.6 Å². The van der Waals surface area contributed by atoms with Gasteiger partial charge in [0.1, 0.15) is 11.5 Å². The van der Waals surface area contributed by atoms with Crippen LogP contribution in [0.2, 0.25) is 0 Å². The highest BCUT2D eigenvalue weighted by Crippen LogP contribution is 2.30. The largest absolute Gasteiger partial charge is 0.427 e. The molecule has 0 aliphatic rings. The number of alkyl halides is 1. The van der Waals surface area contributed by atoms with Crippen LogP contribution in [0.1, 0.15) is 31.2 Å². The van der Waals surface area contributed by atoms with Gasteiger partial charge in [-0.15, -0.1) is 0 Å². The third-order valence-corrected chi connectivity index (χ3v) is 2.41. The zero-order chi connectivity index (χ0) is 13.0. The first-order valence-corrected chi connectivity index (χ1v) is 5.96. The second-order valence-electron chi connectivity index (χ2n) is 3.54. The van der Waals surface area contributed by atoms with Crippen LogP contribution in [0.5, 0.6) is 11.5 Å². The molecule has 0 saturated carbocycles. The third kappa shape index (κ3) is 4.56. The fourth-order valence-electron chi connectivity index (χ4n) is 1.27. The molecule has 0 bridgehead atoms. The monoisotopic (exact) mass is 300 g/mol. The summed E-state index contributed by atoms with van der Waals surface area (Å²) in [6, 6.07) is 4.93. The van der Waals surface area contributed by atoms with E-state index in [0.717, 1.165) is 5.56 Å². The Bertz CT molecular complexity index is 406. The lowest BCUT2D eigenvalue weighted by atomic mass is 10.1. The molecule has 0 saturated heterocycles. The molecule has 1 aromatic carbocycles. The van der Waals surface area contributed by atoms with Crippen molar-refractivity contribution in [3.05, 3.63) is 23.8 Å². The van der Waals surface area contributed by atoms with Crippen molar-refractivity contribution in [2.75, 3.05) is 0 Å². The molecular formula is C12H13BrO4. The molecule has 0 N–H and O–H groups in total. The Morgan fingerprint density at radius 3 is 1.76 bits per heavy atom. The molecule has 0 amide bonds. The lowest BCUT2D eigenvalue weighted by Crippen LogP contribution is -2.05. The van der Waals surface area contributed by atoms with Crippen LogP contribution in [0.25, 0.3) is 0 Å². The maximum atomic E-state index is 10.9. The Labute approximate surface area is 108 Å². The molecule has 0 heterocycles. The summed E-state index contributed by atoms with van der Waals surface area (Å²) in [5.41, 5.74) is 0.861. The van der Waals surface area contributed by atoms with Crippen LogP contribution in [-0.4, -0.2) is 11.9 Å².